The zero-order valence-corrected chi connectivity index (χ0v) is 15.3. The van der Waals surface area contributed by atoms with Crippen LogP contribution in [0.5, 0.6) is 0 Å². The highest BCUT2D eigenvalue weighted by Crippen LogP contribution is 2.31. The predicted molar refractivity (Wildman–Crippen MR) is 97.6 cm³/mol. The van der Waals surface area contributed by atoms with E-state index in [0.717, 1.165) is 53.4 Å². The van der Waals surface area contributed by atoms with Crippen LogP contribution in [0.15, 0.2) is 23.7 Å². The second-order valence-electron chi connectivity index (χ2n) is 6.57. The summed E-state index contributed by atoms with van der Waals surface area (Å²) in [7, 11) is 1.94. The summed E-state index contributed by atoms with van der Waals surface area (Å²) in [5.74, 6) is 0.565. The topological polar surface area (TPSA) is 63.9 Å². The van der Waals surface area contributed by atoms with Gasteiger partial charge < -0.3 is 4.90 Å². The summed E-state index contributed by atoms with van der Waals surface area (Å²) < 4.78 is 1.85. The molecule has 0 saturated carbocycles. The van der Waals surface area contributed by atoms with E-state index in [1.54, 1.807) is 17.5 Å². The van der Waals surface area contributed by atoms with Crippen LogP contribution < -0.4 is 0 Å². The molecule has 1 fully saturated rings. The molecule has 4 heterocycles. The van der Waals surface area contributed by atoms with E-state index in [0.29, 0.717) is 12.3 Å². The molecule has 0 N–H and O–H groups in total. The van der Waals surface area contributed by atoms with Crippen LogP contribution in [-0.2, 0) is 18.3 Å². The number of likely N-dealkylation sites (tertiary alicyclic amines) is 1. The lowest BCUT2D eigenvalue weighted by Gasteiger charge is -2.31. The molecule has 1 aliphatic rings. The molecule has 7 heteroatoms. The average molecular weight is 355 g/mol. The molecule has 1 aliphatic heterocycles. The molecule has 1 amide bonds. The summed E-state index contributed by atoms with van der Waals surface area (Å²) >= 11 is 1.60. The van der Waals surface area contributed by atoms with E-state index in [4.69, 9.17) is 5.10 Å². The van der Waals surface area contributed by atoms with Gasteiger partial charge in [0, 0.05) is 43.0 Å². The summed E-state index contributed by atoms with van der Waals surface area (Å²) in [6.07, 6.45) is 4.10. The number of carbonyl (C=O) groups excluding carboxylic acids is 1. The van der Waals surface area contributed by atoms with Gasteiger partial charge in [0.2, 0.25) is 5.91 Å². The molecule has 6 nitrogen and oxygen atoms in total. The van der Waals surface area contributed by atoms with E-state index in [1.807, 2.05) is 35.0 Å². The molecule has 0 spiro atoms. The van der Waals surface area contributed by atoms with Crippen molar-refractivity contribution in [3.8, 4) is 0 Å². The Kier molecular flexibility index (Phi) is 4.25. The van der Waals surface area contributed by atoms with E-state index in [-0.39, 0.29) is 5.91 Å². The SMILES string of the molecule is Cc1nc(CC(=O)N2CCC(c3nn(C)c4ncccc34)CC2)cs1. The van der Waals surface area contributed by atoms with Crippen LogP contribution in [0.2, 0.25) is 0 Å². The van der Waals surface area contributed by atoms with E-state index in [2.05, 4.69) is 16.0 Å². The minimum Gasteiger partial charge on any atom is -0.342 e. The van der Waals surface area contributed by atoms with Crippen LogP contribution in [0.25, 0.3) is 11.0 Å². The fourth-order valence-electron chi connectivity index (χ4n) is 3.58. The first-order chi connectivity index (χ1) is 12.1. The molecule has 3 aromatic rings. The monoisotopic (exact) mass is 355 g/mol. The number of rotatable bonds is 3. The van der Waals surface area contributed by atoms with Crippen molar-refractivity contribution in [2.24, 2.45) is 7.05 Å². The number of fused-ring (bicyclic) bond motifs is 1. The highest BCUT2D eigenvalue weighted by atomic mass is 32.1. The Balaban J connectivity index is 1.43. The molecule has 0 radical (unpaired) electrons. The van der Waals surface area contributed by atoms with Crippen molar-refractivity contribution in [2.45, 2.75) is 32.1 Å². The summed E-state index contributed by atoms with van der Waals surface area (Å²) in [6.45, 7) is 3.53. The summed E-state index contributed by atoms with van der Waals surface area (Å²) in [5, 5.41) is 8.82. The van der Waals surface area contributed by atoms with Crippen molar-refractivity contribution < 1.29 is 4.79 Å². The molecular weight excluding hydrogens is 334 g/mol. The van der Waals surface area contributed by atoms with Gasteiger partial charge in [-0.2, -0.15) is 5.10 Å². The number of carbonyl (C=O) groups is 1. The van der Waals surface area contributed by atoms with Crippen molar-refractivity contribution in [3.63, 3.8) is 0 Å². The van der Waals surface area contributed by atoms with Gasteiger partial charge in [-0.25, -0.2) is 9.97 Å². The minimum atomic E-state index is 0.177. The van der Waals surface area contributed by atoms with Gasteiger partial charge in [-0.05, 0) is 31.9 Å². The largest absolute Gasteiger partial charge is 0.342 e. The molecule has 25 heavy (non-hydrogen) atoms. The molecule has 130 valence electrons. The Hall–Kier alpha value is -2.28. The first kappa shape index (κ1) is 16.2. The number of piperidine rings is 1. The lowest BCUT2D eigenvalue weighted by molar-refractivity contribution is -0.131. The fraction of sp³-hybridized carbons (Fsp3) is 0.444. The molecule has 4 rings (SSSR count). The Labute approximate surface area is 150 Å². The van der Waals surface area contributed by atoms with Crippen LogP contribution in [-0.4, -0.2) is 43.6 Å². The third kappa shape index (κ3) is 3.16. The Morgan fingerprint density at radius 1 is 1.36 bits per heavy atom. The first-order valence-corrected chi connectivity index (χ1v) is 9.46. The Bertz CT molecular complexity index is 907. The average Bonchev–Trinajstić information content (AvgIpc) is 3.19. The molecule has 3 aromatic heterocycles. The van der Waals surface area contributed by atoms with Gasteiger partial charge >= 0.3 is 0 Å². The van der Waals surface area contributed by atoms with Crippen LogP contribution in [0, 0.1) is 6.92 Å². The molecule has 0 aromatic carbocycles. The van der Waals surface area contributed by atoms with E-state index in [1.165, 1.54) is 0 Å². The van der Waals surface area contributed by atoms with Crippen LogP contribution in [0.3, 0.4) is 0 Å². The van der Waals surface area contributed by atoms with Gasteiger partial charge in [0.15, 0.2) is 5.65 Å². The highest BCUT2D eigenvalue weighted by molar-refractivity contribution is 7.09. The number of thiazole rings is 1. The number of pyridine rings is 1. The number of hydrogen-bond acceptors (Lipinski definition) is 5. The van der Waals surface area contributed by atoms with Crippen molar-refractivity contribution in [2.75, 3.05) is 13.1 Å². The summed E-state index contributed by atoms with van der Waals surface area (Å²) in [4.78, 5) is 23.3. The highest BCUT2D eigenvalue weighted by Gasteiger charge is 2.27. The van der Waals surface area contributed by atoms with E-state index >= 15 is 0 Å². The van der Waals surface area contributed by atoms with Gasteiger partial charge in [0.25, 0.3) is 0 Å². The van der Waals surface area contributed by atoms with Crippen LogP contribution in [0.1, 0.15) is 35.2 Å². The molecule has 0 unspecified atom stereocenters. The van der Waals surface area contributed by atoms with Crippen molar-refractivity contribution in [3.05, 3.63) is 40.1 Å². The third-order valence-corrected chi connectivity index (χ3v) is 5.68. The van der Waals surface area contributed by atoms with E-state index in [9.17, 15) is 4.79 Å². The molecule has 0 bridgehead atoms. The summed E-state index contributed by atoms with van der Waals surface area (Å²) in [5.41, 5.74) is 2.93. The summed E-state index contributed by atoms with van der Waals surface area (Å²) in [6, 6.07) is 4.05. The third-order valence-electron chi connectivity index (χ3n) is 4.86. The number of amides is 1. The quantitative estimate of drug-likeness (QED) is 0.725. The zero-order valence-electron chi connectivity index (χ0n) is 14.5. The maximum absolute atomic E-state index is 12.5. The second kappa shape index (κ2) is 6.55. The Morgan fingerprint density at radius 2 is 2.16 bits per heavy atom. The fourth-order valence-corrected chi connectivity index (χ4v) is 4.19. The van der Waals surface area contributed by atoms with Crippen LogP contribution >= 0.6 is 11.3 Å². The molecule has 0 atom stereocenters. The minimum absolute atomic E-state index is 0.177. The smallest absolute Gasteiger partial charge is 0.228 e. The first-order valence-electron chi connectivity index (χ1n) is 8.58. The molecule has 0 aliphatic carbocycles. The van der Waals surface area contributed by atoms with Crippen molar-refractivity contribution >= 4 is 28.3 Å². The number of aryl methyl sites for hydroxylation is 2. The number of aromatic nitrogens is 4. The van der Waals surface area contributed by atoms with Gasteiger partial charge in [-0.15, -0.1) is 11.3 Å². The maximum Gasteiger partial charge on any atom is 0.228 e. The zero-order chi connectivity index (χ0) is 17.4. The normalized spacial score (nSPS) is 15.8. The standard InChI is InChI=1S/C18H21N5OS/c1-12-20-14(11-25-12)10-16(24)23-8-5-13(6-9-23)17-15-4-3-7-19-18(15)22(2)21-17/h3-4,7,11,13H,5-6,8-10H2,1-2H3. The Morgan fingerprint density at radius 3 is 2.88 bits per heavy atom. The van der Waals surface area contributed by atoms with Gasteiger partial charge in [0.05, 0.1) is 22.8 Å². The predicted octanol–water partition coefficient (Wildman–Crippen LogP) is 2.68. The second-order valence-corrected chi connectivity index (χ2v) is 7.64. The van der Waals surface area contributed by atoms with Gasteiger partial charge in [0.1, 0.15) is 0 Å². The number of hydrogen-bond donors (Lipinski definition) is 0. The molecule has 1 saturated heterocycles. The van der Waals surface area contributed by atoms with Gasteiger partial charge in [-0.3, -0.25) is 9.48 Å². The maximum atomic E-state index is 12.5. The van der Waals surface area contributed by atoms with Crippen LogP contribution in [0.4, 0.5) is 0 Å². The van der Waals surface area contributed by atoms with E-state index < -0.39 is 0 Å². The van der Waals surface area contributed by atoms with Crippen molar-refractivity contribution in [1.82, 2.24) is 24.6 Å². The lowest BCUT2D eigenvalue weighted by atomic mass is 9.92. The lowest BCUT2D eigenvalue weighted by Crippen LogP contribution is -2.39. The molecular formula is C18H21N5OS. The number of nitrogens with zero attached hydrogens (tertiary/aromatic N) is 5. The van der Waals surface area contributed by atoms with Gasteiger partial charge in [-0.1, -0.05) is 0 Å². The van der Waals surface area contributed by atoms with Crippen molar-refractivity contribution in [1.29, 1.82) is 0 Å².